The fraction of sp³-hybridized carbons (Fsp3) is 0.400. The number of likely N-dealkylation sites (tertiary alicyclic amines) is 1. The Morgan fingerprint density at radius 1 is 1.39 bits per heavy atom. The van der Waals surface area contributed by atoms with E-state index in [0.29, 0.717) is 10.4 Å². The van der Waals surface area contributed by atoms with Crippen molar-refractivity contribution in [2.75, 3.05) is 33.1 Å². The number of carbonyl (C=O) groups excluding carboxylic acids is 2. The molecule has 11 nitrogen and oxygen atoms in total. The Kier molecular flexibility index (Phi) is 8.80. The van der Waals surface area contributed by atoms with Crippen LogP contribution in [0.3, 0.4) is 0 Å². The van der Waals surface area contributed by atoms with Gasteiger partial charge in [-0.25, -0.2) is 4.39 Å². The van der Waals surface area contributed by atoms with Gasteiger partial charge in [-0.1, -0.05) is 17.3 Å². The van der Waals surface area contributed by atoms with E-state index in [-0.39, 0.29) is 64.4 Å². The smallest absolute Gasteiger partial charge is 0.393 e. The molecular weight excluding hydrogens is 570 g/mol. The molecule has 0 saturated carbocycles. The molecule has 1 aliphatic heterocycles. The van der Waals surface area contributed by atoms with Crippen LogP contribution in [0.1, 0.15) is 17.9 Å². The maximum atomic E-state index is 14.7. The molecule has 1 fully saturated rings. The summed E-state index contributed by atoms with van der Waals surface area (Å²) >= 11 is 0.981. The van der Waals surface area contributed by atoms with Crippen molar-refractivity contribution in [3.8, 4) is 10.7 Å². The summed E-state index contributed by atoms with van der Waals surface area (Å²) in [5.74, 6) is -1.25. The quantitative estimate of drug-likeness (QED) is 0.148. The molecule has 41 heavy (non-hydrogen) atoms. The highest BCUT2D eigenvalue weighted by molar-refractivity contribution is 7.23. The number of nitrogens with one attached hydrogen (secondary N) is 2. The van der Waals surface area contributed by atoms with Crippen LogP contribution in [0.5, 0.6) is 0 Å². The number of hydrogen-bond donors (Lipinski definition) is 3. The van der Waals surface area contributed by atoms with Crippen LogP contribution in [0.15, 0.2) is 39.2 Å². The van der Waals surface area contributed by atoms with Gasteiger partial charge >= 0.3 is 6.18 Å². The largest absolute Gasteiger partial charge is 0.482 e. The number of aromatic nitrogens is 2. The van der Waals surface area contributed by atoms with Gasteiger partial charge in [-0.15, -0.1) is 11.3 Å². The van der Waals surface area contributed by atoms with E-state index in [1.165, 1.54) is 38.4 Å². The molecule has 2 aromatic heterocycles. The number of alkyl halides is 4. The number of nitrogens with two attached hydrogens (primary N) is 1. The number of halogens is 4. The van der Waals surface area contributed by atoms with Crippen LogP contribution in [0, 0.1) is 0 Å². The Hall–Kier alpha value is -4.21. The van der Waals surface area contributed by atoms with Gasteiger partial charge in [0.15, 0.2) is 5.88 Å². The minimum Gasteiger partial charge on any atom is -0.482 e. The average Bonchev–Trinajstić information content (AvgIpc) is 3.53. The van der Waals surface area contributed by atoms with Crippen molar-refractivity contribution < 1.29 is 36.4 Å². The van der Waals surface area contributed by atoms with Gasteiger partial charge in [-0.05, 0) is 17.0 Å². The van der Waals surface area contributed by atoms with Crippen molar-refractivity contribution in [2.24, 2.45) is 10.7 Å². The monoisotopic (exact) mass is 597 g/mol. The number of amides is 2. The normalized spacial score (nSPS) is 18.6. The van der Waals surface area contributed by atoms with Crippen LogP contribution in [0.25, 0.3) is 20.8 Å². The number of fused-ring (bicyclic) bond motifs is 1. The molecule has 0 bridgehead atoms. The third kappa shape index (κ3) is 6.75. The number of anilines is 1. The molecule has 2 amide bonds. The molecule has 0 aliphatic carbocycles. The van der Waals surface area contributed by atoms with E-state index >= 15 is 0 Å². The van der Waals surface area contributed by atoms with Crippen LogP contribution >= 0.6 is 11.3 Å². The fourth-order valence-corrected chi connectivity index (χ4v) is 5.51. The van der Waals surface area contributed by atoms with Crippen molar-refractivity contribution in [1.82, 2.24) is 20.4 Å². The number of methoxy groups -OCH3 is 1. The molecule has 2 unspecified atom stereocenters. The van der Waals surface area contributed by atoms with E-state index < -0.39 is 30.7 Å². The number of benzene rings is 1. The summed E-state index contributed by atoms with van der Waals surface area (Å²) < 4.78 is 66.2. The highest BCUT2D eigenvalue weighted by Gasteiger charge is 2.35. The molecule has 1 saturated heterocycles. The first-order valence-corrected chi connectivity index (χ1v) is 13.1. The number of rotatable bonds is 9. The number of hydrogen-bond acceptors (Lipinski definition) is 10. The molecule has 0 radical (unpaired) electrons. The van der Waals surface area contributed by atoms with E-state index in [1.807, 2.05) is 0 Å². The van der Waals surface area contributed by atoms with Crippen LogP contribution in [-0.4, -0.2) is 79.2 Å². The molecule has 1 aromatic carbocycles. The second kappa shape index (κ2) is 12.1. The van der Waals surface area contributed by atoms with Gasteiger partial charge in [0, 0.05) is 26.7 Å². The van der Waals surface area contributed by atoms with Gasteiger partial charge in [0.25, 0.3) is 5.91 Å². The Morgan fingerprint density at radius 3 is 2.83 bits per heavy atom. The molecule has 1 aliphatic rings. The maximum absolute atomic E-state index is 14.7. The predicted molar refractivity (Wildman–Crippen MR) is 144 cm³/mol. The molecule has 4 rings (SSSR count). The lowest BCUT2D eigenvalue weighted by Crippen LogP contribution is -2.49. The van der Waals surface area contributed by atoms with Gasteiger partial charge in [0.05, 0.1) is 47.9 Å². The highest BCUT2D eigenvalue weighted by Crippen LogP contribution is 2.43. The van der Waals surface area contributed by atoms with E-state index in [1.54, 1.807) is 12.1 Å². The van der Waals surface area contributed by atoms with Crippen LogP contribution in [0.2, 0.25) is 0 Å². The van der Waals surface area contributed by atoms with E-state index in [2.05, 4.69) is 25.8 Å². The molecule has 0 spiro atoms. The summed E-state index contributed by atoms with van der Waals surface area (Å²) in [6.07, 6.45) is -6.09. The molecule has 3 heterocycles. The first-order chi connectivity index (χ1) is 19.4. The summed E-state index contributed by atoms with van der Waals surface area (Å²) in [5, 5.41) is 9.65. The summed E-state index contributed by atoms with van der Waals surface area (Å²) in [6, 6.07) is 3.85. The average molecular weight is 598 g/mol. The lowest BCUT2D eigenvalue weighted by atomic mass is 10.0. The zero-order valence-corrected chi connectivity index (χ0v) is 23.0. The van der Waals surface area contributed by atoms with Gasteiger partial charge < -0.3 is 30.5 Å². The van der Waals surface area contributed by atoms with E-state index in [0.717, 1.165) is 11.3 Å². The fourth-order valence-electron chi connectivity index (χ4n) is 4.29. The Labute approximate surface area is 235 Å². The summed E-state index contributed by atoms with van der Waals surface area (Å²) in [4.78, 5) is 34.0. The number of aliphatic imine (C=N–C) groups is 1. The third-order valence-electron chi connectivity index (χ3n) is 6.30. The third-order valence-corrected chi connectivity index (χ3v) is 7.58. The molecule has 3 aromatic rings. The van der Waals surface area contributed by atoms with Crippen molar-refractivity contribution in [2.45, 2.75) is 37.8 Å². The molecular formula is C25H27F4N7O4S. The lowest BCUT2D eigenvalue weighted by molar-refractivity contribution is -0.134. The highest BCUT2D eigenvalue weighted by atomic mass is 32.1. The Bertz CT molecular complexity index is 1500. The minimum absolute atomic E-state index is 0.0476. The SMILES string of the molecule is CN=C/C(C(=O)NCc1nc(-c2sc3c(NC4CC(=O)N(C)CC4F)cccc3c2CC(F)(F)F)no1)=C(\N)OC. The lowest BCUT2D eigenvalue weighted by Gasteiger charge is -2.33. The summed E-state index contributed by atoms with van der Waals surface area (Å²) in [5.41, 5.74) is 5.93. The number of ether oxygens (including phenoxy) is 1. The van der Waals surface area contributed by atoms with Crippen LogP contribution < -0.4 is 16.4 Å². The summed E-state index contributed by atoms with van der Waals surface area (Å²) in [6.45, 7) is -0.345. The summed E-state index contributed by atoms with van der Waals surface area (Å²) in [7, 11) is 4.23. The molecule has 4 N–H and O–H groups in total. The zero-order valence-electron chi connectivity index (χ0n) is 22.2. The van der Waals surface area contributed by atoms with Crippen molar-refractivity contribution in [3.05, 3.63) is 41.1 Å². The second-order valence-corrected chi connectivity index (χ2v) is 10.2. The molecule has 220 valence electrons. The van der Waals surface area contributed by atoms with Crippen molar-refractivity contribution >= 4 is 45.1 Å². The first-order valence-electron chi connectivity index (χ1n) is 12.2. The van der Waals surface area contributed by atoms with Gasteiger partial charge in [-0.2, -0.15) is 18.2 Å². The van der Waals surface area contributed by atoms with E-state index in [9.17, 15) is 27.2 Å². The van der Waals surface area contributed by atoms with Gasteiger partial charge in [0.1, 0.15) is 11.7 Å². The Balaban J connectivity index is 1.65. The molecule has 2 atom stereocenters. The first kappa shape index (κ1) is 29.8. The maximum Gasteiger partial charge on any atom is 0.393 e. The number of nitrogens with zero attached hydrogens (tertiary/aromatic N) is 4. The predicted octanol–water partition coefficient (Wildman–Crippen LogP) is 3.17. The molecule has 16 heteroatoms. The zero-order chi connectivity index (χ0) is 29.9. The standard InChI is InChI=1S/C25H27F4N7O4S/c1-31-9-14(22(30)39-3)24(38)32-10-18-34-23(35-40-18)21-13(8-25(27,28)29)12-5-4-6-16(20(12)41-21)33-17-7-19(37)36(2)11-15(17)26/h4-6,9,15,17,33H,7-8,10-11,30H2,1-3H3,(H,32,38)/b22-14-,31-9?. The van der Waals surface area contributed by atoms with Crippen LogP contribution in [-0.2, 0) is 27.3 Å². The number of piperidine rings is 1. The van der Waals surface area contributed by atoms with Gasteiger partial charge in [-0.3, -0.25) is 14.6 Å². The number of carbonyl (C=O) groups is 2. The van der Waals surface area contributed by atoms with Crippen LogP contribution in [0.4, 0.5) is 23.2 Å². The topological polar surface area (TPSA) is 148 Å². The second-order valence-electron chi connectivity index (χ2n) is 9.19. The minimum atomic E-state index is -4.55. The Morgan fingerprint density at radius 2 is 2.15 bits per heavy atom. The number of thiophene rings is 1. The van der Waals surface area contributed by atoms with Crippen molar-refractivity contribution in [3.63, 3.8) is 0 Å². The van der Waals surface area contributed by atoms with E-state index in [4.69, 9.17) is 15.0 Å². The van der Waals surface area contributed by atoms with Crippen molar-refractivity contribution in [1.29, 1.82) is 0 Å². The van der Waals surface area contributed by atoms with Gasteiger partial charge in [0.2, 0.25) is 17.6 Å².